The number of likely N-dealkylation sites (N-methyl/N-ethyl adjacent to an activating group) is 1. The zero-order valence-corrected chi connectivity index (χ0v) is 9.50. The molecule has 0 aliphatic carbocycles. The van der Waals surface area contributed by atoms with Crippen LogP contribution in [-0.2, 0) is 4.74 Å². The van der Waals surface area contributed by atoms with Crippen LogP contribution < -0.4 is 0 Å². The highest BCUT2D eigenvalue weighted by Crippen LogP contribution is 2.02. The second-order valence-electron chi connectivity index (χ2n) is 4.44. The van der Waals surface area contributed by atoms with Crippen LogP contribution in [0.1, 0.15) is 6.92 Å². The molecule has 0 aromatic carbocycles. The predicted octanol–water partition coefficient (Wildman–Crippen LogP) is 0.779. The van der Waals surface area contributed by atoms with E-state index in [-0.39, 0.29) is 6.09 Å². The van der Waals surface area contributed by atoms with E-state index in [4.69, 9.17) is 4.74 Å². The average Bonchev–Trinajstić information content (AvgIpc) is 1.97. The Morgan fingerprint density at radius 3 is 2.15 bits per heavy atom. The van der Waals surface area contributed by atoms with Gasteiger partial charge < -0.3 is 14.1 Å². The van der Waals surface area contributed by atoms with Gasteiger partial charge in [-0.15, -0.1) is 0 Å². The summed E-state index contributed by atoms with van der Waals surface area (Å²) in [7, 11) is 9.59. The first-order valence-electron chi connectivity index (χ1n) is 4.40. The van der Waals surface area contributed by atoms with Gasteiger partial charge >= 0.3 is 6.09 Å². The van der Waals surface area contributed by atoms with Crippen molar-refractivity contribution in [1.29, 1.82) is 0 Å². The lowest BCUT2D eigenvalue weighted by Crippen LogP contribution is -2.46. The van der Waals surface area contributed by atoms with Crippen LogP contribution in [0.5, 0.6) is 0 Å². The molecule has 4 heteroatoms. The van der Waals surface area contributed by atoms with Crippen molar-refractivity contribution in [3.05, 3.63) is 0 Å². The smallest absolute Gasteiger partial charge is 0.409 e. The summed E-state index contributed by atoms with van der Waals surface area (Å²) < 4.78 is 5.86. The minimum atomic E-state index is -0.277. The molecule has 1 atom stereocenters. The van der Waals surface area contributed by atoms with Crippen molar-refractivity contribution in [2.24, 2.45) is 0 Å². The molecule has 0 rings (SSSR count). The first-order chi connectivity index (χ1) is 5.75. The Morgan fingerprint density at radius 1 is 1.38 bits per heavy atom. The standard InChI is InChI=1S/C9H21N2O2/c1-8(11(4,5)6)7-13-9(12)10(2)3/h8H,7H2,1-6H3/q+1. The second-order valence-corrected chi connectivity index (χ2v) is 4.44. The minimum Gasteiger partial charge on any atom is -0.443 e. The molecule has 0 aliphatic rings. The number of carbonyl (C=O) groups excluding carboxylic acids is 1. The molecular formula is C9H21N2O2+. The van der Waals surface area contributed by atoms with E-state index in [0.29, 0.717) is 12.6 Å². The molecule has 0 aliphatic heterocycles. The molecule has 0 fully saturated rings. The van der Waals surface area contributed by atoms with Crippen molar-refractivity contribution >= 4 is 6.09 Å². The fraction of sp³-hybridized carbons (Fsp3) is 0.889. The van der Waals surface area contributed by atoms with E-state index in [2.05, 4.69) is 28.1 Å². The first-order valence-corrected chi connectivity index (χ1v) is 4.40. The van der Waals surface area contributed by atoms with Crippen LogP contribution >= 0.6 is 0 Å². The van der Waals surface area contributed by atoms with E-state index in [1.165, 1.54) is 4.90 Å². The molecule has 1 amide bonds. The molecule has 0 bridgehead atoms. The fourth-order valence-electron chi connectivity index (χ4n) is 0.545. The van der Waals surface area contributed by atoms with Gasteiger partial charge in [-0.05, 0) is 6.92 Å². The number of nitrogens with zero attached hydrogens (tertiary/aromatic N) is 2. The summed E-state index contributed by atoms with van der Waals surface area (Å²) in [6.45, 7) is 2.52. The van der Waals surface area contributed by atoms with Gasteiger partial charge in [0.15, 0.2) is 0 Å². The number of rotatable bonds is 3. The summed E-state index contributed by atoms with van der Waals surface area (Å²) in [5.74, 6) is 0. The molecule has 0 spiro atoms. The maximum Gasteiger partial charge on any atom is 0.409 e. The van der Waals surface area contributed by atoms with E-state index in [1.807, 2.05) is 0 Å². The number of ether oxygens (including phenoxy) is 1. The van der Waals surface area contributed by atoms with Crippen molar-refractivity contribution in [3.63, 3.8) is 0 Å². The quantitative estimate of drug-likeness (QED) is 0.614. The molecule has 1 unspecified atom stereocenters. The van der Waals surface area contributed by atoms with Gasteiger partial charge in [-0.1, -0.05) is 0 Å². The molecule has 13 heavy (non-hydrogen) atoms. The summed E-state index contributed by atoms with van der Waals surface area (Å²) in [5.41, 5.74) is 0. The maximum absolute atomic E-state index is 11.1. The summed E-state index contributed by atoms with van der Waals surface area (Å²) >= 11 is 0. The van der Waals surface area contributed by atoms with E-state index in [9.17, 15) is 4.79 Å². The summed E-state index contributed by atoms with van der Waals surface area (Å²) in [5, 5.41) is 0. The predicted molar refractivity (Wildman–Crippen MR) is 52.5 cm³/mol. The van der Waals surface area contributed by atoms with Gasteiger partial charge in [0.1, 0.15) is 12.6 Å². The Hall–Kier alpha value is -0.770. The van der Waals surface area contributed by atoms with Gasteiger partial charge in [-0.3, -0.25) is 0 Å². The third-order valence-electron chi connectivity index (χ3n) is 2.14. The van der Waals surface area contributed by atoms with Crippen molar-refractivity contribution in [1.82, 2.24) is 4.90 Å². The SMILES string of the molecule is CC(COC(=O)N(C)C)[N+](C)(C)C. The maximum atomic E-state index is 11.1. The number of hydrogen-bond acceptors (Lipinski definition) is 2. The number of carbonyl (C=O) groups is 1. The summed E-state index contributed by atoms with van der Waals surface area (Å²) in [6, 6.07) is 0.309. The van der Waals surface area contributed by atoms with Crippen LogP contribution in [0.15, 0.2) is 0 Å². The first kappa shape index (κ1) is 12.2. The number of hydrogen-bond donors (Lipinski definition) is 0. The normalized spacial score (nSPS) is 13.7. The molecule has 0 saturated heterocycles. The summed E-state index contributed by atoms with van der Waals surface area (Å²) in [4.78, 5) is 12.5. The monoisotopic (exact) mass is 189 g/mol. The zero-order valence-electron chi connectivity index (χ0n) is 9.50. The van der Waals surface area contributed by atoms with E-state index in [1.54, 1.807) is 14.1 Å². The largest absolute Gasteiger partial charge is 0.443 e. The van der Waals surface area contributed by atoms with Crippen LogP contribution in [0.2, 0.25) is 0 Å². The second kappa shape index (κ2) is 4.46. The molecule has 0 aromatic heterocycles. The molecule has 0 N–H and O–H groups in total. The number of quaternary nitrogens is 1. The highest BCUT2D eigenvalue weighted by molar-refractivity contribution is 5.66. The highest BCUT2D eigenvalue weighted by atomic mass is 16.6. The van der Waals surface area contributed by atoms with E-state index < -0.39 is 0 Å². The van der Waals surface area contributed by atoms with Gasteiger partial charge in [0, 0.05) is 14.1 Å². The molecule has 0 radical (unpaired) electrons. The molecule has 4 nitrogen and oxygen atoms in total. The van der Waals surface area contributed by atoms with Crippen molar-refractivity contribution in [2.45, 2.75) is 13.0 Å². The lowest BCUT2D eigenvalue weighted by atomic mass is 10.3. The molecule has 0 aromatic rings. The van der Waals surface area contributed by atoms with Crippen LogP contribution in [0.3, 0.4) is 0 Å². The van der Waals surface area contributed by atoms with Crippen LogP contribution in [0, 0.1) is 0 Å². The Labute approximate surface area is 80.7 Å². The van der Waals surface area contributed by atoms with Gasteiger partial charge in [-0.25, -0.2) is 4.79 Å². The van der Waals surface area contributed by atoms with Crippen molar-refractivity contribution < 1.29 is 14.0 Å². The Morgan fingerprint density at radius 2 is 1.85 bits per heavy atom. The fourth-order valence-corrected chi connectivity index (χ4v) is 0.545. The third kappa shape index (κ3) is 4.72. The summed E-state index contributed by atoms with van der Waals surface area (Å²) in [6.07, 6.45) is -0.277. The lowest BCUT2D eigenvalue weighted by molar-refractivity contribution is -0.894. The van der Waals surface area contributed by atoms with Gasteiger partial charge in [0.05, 0.1) is 21.1 Å². The third-order valence-corrected chi connectivity index (χ3v) is 2.14. The molecule has 78 valence electrons. The molecular weight excluding hydrogens is 168 g/mol. The molecule has 0 heterocycles. The highest BCUT2D eigenvalue weighted by Gasteiger charge is 2.20. The Bertz CT molecular complexity index is 173. The topological polar surface area (TPSA) is 29.5 Å². The average molecular weight is 189 g/mol. The number of amides is 1. The Balaban J connectivity index is 3.84. The van der Waals surface area contributed by atoms with Crippen LogP contribution in [-0.4, -0.2) is 63.4 Å². The van der Waals surface area contributed by atoms with E-state index >= 15 is 0 Å². The zero-order chi connectivity index (χ0) is 10.6. The van der Waals surface area contributed by atoms with Gasteiger partial charge in [0.2, 0.25) is 0 Å². The minimum absolute atomic E-state index is 0.277. The van der Waals surface area contributed by atoms with E-state index in [0.717, 1.165) is 4.48 Å². The van der Waals surface area contributed by atoms with Gasteiger partial charge in [-0.2, -0.15) is 0 Å². The van der Waals surface area contributed by atoms with Gasteiger partial charge in [0.25, 0.3) is 0 Å². The van der Waals surface area contributed by atoms with Crippen molar-refractivity contribution in [3.8, 4) is 0 Å². The lowest BCUT2D eigenvalue weighted by Gasteiger charge is -2.31. The van der Waals surface area contributed by atoms with Crippen LogP contribution in [0.4, 0.5) is 4.79 Å². The van der Waals surface area contributed by atoms with Crippen LogP contribution in [0.25, 0.3) is 0 Å². The Kier molecular flexibility index (Phi) is 4.20. The molecule has 0 saturated carbocycles. The van der Waals surface area contributed by atoms with Crippen molar-refractivity contribution in [2.75, 3.05) is 41.8 Å².